The molecule has 3 radical (unpaired) electrons. The summed E-state index contributed by atoms with van der Waals surface area (Å²) < 4.78 is 82.6. The average Bonchev–Trinajstić information content (AvgIpc) is 1.52. The van der Waals surface area contributed by atoms with Gasteiger partial charge in [0.15, 0.2) is 0 Å². The van der Waals surface area contributed by atoms with Crippen LogP contribution in [0.15, 0.2) is 0 Å². The van der Waals surface area contributed by atoms with Crippen LogP contribution in [0.25, 0.3) is 0 Å². The zero-order chi connectivity index (χ0) is 11.7. The summed E-state index contributed by atoms with van der Waals surface area (Å²) in [6, 6.07) is 0. The Hall–Kier alpha value is 4.24. The third-order valence-electron chi connectivity index (χ3n) is 0. The van der Waals surface area contributed by atoms with E-state index in [-0.39, 0.29) is 172 Å². The van der Waals surface area contributed by atoms with Gasteiger partial charge in [0.1, 0.15) is 0 Å². The van der Waals surface area contributed by atoms with Crippen LogP contribution < -0.4 is 122 Å². The maximum absolute atomic E-state index is 8.74. The van der Waals surface area contributed by atoms with Gasteiger partial charge in [-0.25, -0.2) is 0 Å². The molecule has 0 aliphatic carbocycles. The van der Waals surface area contributed by atoms with Gasteiger partial charge in [-0.1, -0.05) is 14.9 Å². The van der Waals surface area contributed by atoms with E-state index in [1.165, 1.54) is 0 Å². The Morgan fingerprint density at radius 3 is 0.750 bits per heavy atom. The van der Waals surface area contributed by atoms with E-state index in [1.807, 2.05) is 0 Å². The predicted molar refractivity (Wildman–Crippen MR) is 63.1 cm³/mol. The first-order valence-corrected chi connectivity index (χ1v) is 5.51. The molecule has 0 atom stereocenters. The molecule has 0 rings (SSSR count). The monoisotopic (exact) mass is 475 g/mol. The molecule has 0 aliphatic heterocycles. The summed E-state index contributed by atoms with van der Waals surface area (Å²) in [6.07, 6.45) is 0. The molecule has 0 aromatic heterocycles. The molecule has 0 heterocycles. The molecule has 0 bridgehead atoms. The fraction of sp³-hybridized carbons (Fsp3) is 1.00. The molecular formula is C2H17Al2Na4O14S2. The summed E-state index contributed by atoms with van der Waals surface area (Å²) in [7, 11) is -9.83. The Bertz CT molecular complexity index is 276. The molecule has 22 heteroatoms. The third-order valence-corrected chi connectivity index (χ3v) is 0. The summed E-state index contributed by atoms with van der Waals surface area (Å²) in [5.74, 6) is 0. The molecule has 9 N–H and O–H groups in total. The normalized spacial score (nSPS) is 5.17. The second kappa shape index (κ2) is 63.1. The van der Waals surface area contributed by atoms with Gasteiger partial charge in [0.05, 0.1) is 0 Å². The van der Waals surface area contributed by atoms with E-state index < -0.39 is 36.3 Å². The van der Waals surface area contributed by atoms with E-state index in [4.69, 9.17) is 43.0 Å². The van der Waals surface area contributed by atoms with Gasteiger partial charge in [-0.3, -0.25) is 17.5 Å². The van der Waals surface area contributed by atoms with Crippen LogP contribution in [0, 0.1) is 0 Å². The molecule has 0 aromatic rings. The number of hydrogen-bond acceptors (Lipinski definition) is 9. The van der Waals surface area contributed by atoms with Gasteiger partial charge in [-0.15, -0.1) is 0 Å². The van der Waals surface area contributed by atoms with Gasteiger partial charge >= 0.3 is 152 Å². The summed E-state index contributed by atoms with van der Waals surface area (Å²) in [5, 5.41) is 0. The molecule has 0 spiro atoms. The minimum atomic E-state index is -5.17. The van der Waals surface area contributed by atoms with Crippen molar-refractivity contribution in [3.8, 4) is 0 Å². The number of hydrogen-bond donors (Lipinski definition) is 2. The van der Waals surface area contributed by atoms with Crippen LogP contribution in [0.5, 0.6) is 0 Å². The Kier molecular flexibility index (Phi) is 272. The quantitative estimate of drug-likeness (QED) is 0.188. The van der Waals surface area contributed by atoms with E-state index in [0.29, 0.717) is 0 Å². The van der Waals surface area contributed by atoms with E-state index >= 15 is 0 Å². The van der Waals surface area contributed by atoms with Crippen LogP contribution in [0.4, 0.5) is 0 Å². The Balaban J connectivity index is -0.00000000430. The maximum atomic E-state index is 8.74. The van der Waals surface area contributed by atoms with Gasteiger partial charge in [-0.05, 0) is 0 Å². The zero-order valence-electron chi connectivity index (χ0n) is 12.1. The minimum absolute atomic E-state index is 0. The molecule has 0 fully saturated rings. The second-order valence-electron chi connectivity index (χ2n) is 0.952. The molecule has 0 aromatic carbocycles. The van der Waals surface area contributed by atoms with Gasteiger partial charge in [0.2, 0.25) is 0 Å². The van der Waals surface area contributed by atoms with Crippen molar-refractivity contribution >= 4 is 53.6 Å². The van der Waals surface area contributed by atoms with Crippen LogP contribution in [0.1, 0.15) is 14.9 Å². The Labute approximate surface area is 247 Å². The predicted octanol–water partition coefficient (Wildman–Crippen LogP) is -17.4. The summed E-state index contributed by atoms with van der Waals surface area (Å²) in [4.78, 5) is 0. The van der Waals surface area contributed by atoms with Crippen molar-refractivity contribution in [3.63, 3.8) is 0 Å². The van der Waals surface area contributed by atoms with Crippen LogP contribution in [-0.4, -0.2) is 89.8 Å². The molecule has 14 nitrogen and oxygen atoms in total. The van der Waals surface area contributed by atoms with Crippen molar-refractivity contribution in [1.82, 2.24) is 0 Å². The fourth-order valence-corrected chi connectivity index (χ4v) is 0. The second-order valence-corrected chi connectivity index (χ2v) is 2.86. The zero-order valence-corrected chi connectivity index (χ0v) is 24.0. The third kappa shape index (κ3) is 928. The Morgan fingerprint density at radius 2 is 0.750 bits per heavy atom. The molecule has 131 valence electrons. The molecular weight excluding hydrogens is 458 g/mol. The van der Waals surface area contributed by atoms with Crippen LogP contribution >= 0.6 is 0 Å². The van der Waals surface area contributed by atoms with Crippen molar-refractivity contribution in [1.29, 1.82) is 0 Å². The van der Waals surface area contributed by atoms with Crippen molar-refractivity contribution in [2.75, 3.05) is 0 Å². The molecule has 0 saturated carbocycles. The van der Waals surface area contributed by atoms with Gasteiger partial charge in [0.25, 0.3) is 0 Å². The van der Waals surface area contributed by atoms with E-state index in [2.05, 4.69) is 0 Å². The fourth-order valence-electron chi connectivity index (χ4n) is 0. The molecule has 24 heavy (non-hydrogen) atoms. The summed E-state index contributed by atoms with van der Waals surface area (Å²) in [6.45, 7) is 0. The first kappa shape index (κ1) is 103. The summed E-state index contributed by atoms with van der Waals surface area (Å²) >= 11 is -1.75. The SMILES string of the molecule is C.C.O.O.O.O=S(=O)(O)O.O=S(=O)([O-])[O-].[Al].[Na+].[Na+].[Na+].[Na+].[OH-].[O]=[Al][O-]. The van der Waals surface area contributed by atoms with Gasteiger partial charge in [-0.2, -0.15) is 8.42 Å². The van der Waals surface area contributed by atoms with Crippen LogP contribution in [0.3, 0.4) is 0 Å². The van der Waals surface area contributed by atoms with E-state index in [9.17, 15) is 0 Å². The van der Waals surface area contributed by atoms with E-state index in [0.717, 1.165) is 0 Å². The van der Waals surface area contributed by atoms with Crippen molar-refractivity contribution in [2.45, 2.75) is 14.9 Å². The van der Waals surface area contributed by atoms with Crippen molar-refractivity contribution < 1.29 is 183 Å². The molecule has 0 unspecified atom stereocenters. The van der Waals surface area contributed by atoms with Crippen molar-refractivity contribution in [3.05, 3.63) is 0 Å². The number of rotatable bonds is 0. The molecule has 0 aliphatic rings. The van der Waals surface area contributed by atoms with Crippen molar-refractivity contribution in [2.24, 2.45) is 0 Å². The van der Waals surface area contributed by atoms with Gasteiger partial charge < -0.3 is 31.0 Å². The average molecular weight is 475 g/mol. The standard InChI is InChI=1S/2CH4.2Al.4Na.2H2O4S.4H2O.2O/c;;;;;;;;2*1-5(2,3)4;;;;;;/h2*1H4;;;;;;;2*(H2,1,2,3,4);4*1H2;;/q;;;;4*+1;;;;;;;;-1/p-3. The van der Waals surface area contributed by atoms with Gasteiger partial charge in [0, 0.05) is 27.8 Å². The first-order chi connectivity index (χ1) is 5.41. The van der Waals surface area contributed by atoms with Crippen LogP contribution in [0.2, 0.25) is 0 Å². The van der Waals surface area contributed by atoms with E-state index in [1.54, 1.807) is 0 Å². The first-order valence-electron chi connectivity index (χ1n) is 1.84. The molecule has 0 saturated heterocycles. The summed E-state index contributed by atoms with van der Waals surface area (Å²) in [5.41, 5.74) is 0. The topological polar surface area (TPSA) is 319 Å². The Morgan fingerprint density at radius 1 is 0.750 bits per heavy atom. The molecule has 0 amide bonds. The van der Waals surface area contributed by atoms with Crippen LogP contribution in [-0.2, 0) is 24.6 Å².